The summed E-state index contributed by atoms with van der Waals surface area (Å²) in [6, 6.07) is 15.7. The number of benzene rings is 2. The van der Waals surface area contributed by atoms with Gasteiger partial charge in [-0.2, -0.15) is 0 Å². The van der Waals surface area contributed by atoms with E-state index in [1.54, 1.807) is 12.1 Å². The molecule has 0 aliphatic heterocycles. The SMILES string of the molecule is CC(CCc1ccccc1)NC(=O)c1nc(-c2ccc(F)cc2)n(CC[C@@H](O)C[C@@H](O)CC(=O)[O-])c1C(C)C. The number of halogens is 1. The summed E-state index contributed by atoms with van der Waals surface area (Å²) < 4.78 is 15.5. The molecule has 1 amide bonds. The first-order valence-electron chi connectivity index (χ1n) is 13.3. The van der Waals surface area contributed by atoms with Gasteiger partial charge in [-0.15, -0.1) is 0 Å². The van der Waals surface area contributed by atoms with Crippen molar-refractivity contribution in [1.82, 2.24) is 14.9 Å². The van der Waals surface area contributed by atoms with Gasteiger partial charge in [0.2, 0.25) is 0 Å². The van der Waals surface area contributed by atoms with Crippen LogP contribution in [0.15, 0.2) is 54.6 Å². The lowest BCUT2D eigenvalue weighted by atomic mass is 10.0. The molecule has 39 heavy (non-hydrogen) atoms. The quantitative estimate of drug-likeness (QED) is 0.289. The van der Waals surface area contributed by atoms with E-state index in [0.29, 0.717) is 17.1 Å². The van der Waals surface area contributed by atoms with Gasteiger partial charge in [0, 0.05) is 30.5 Å². The third kappa shape index (κ3) is 8.73. The molecule has 3 aromatic rings. The van der Waals surface area contributed by atoms with Crippen molar-refractivity contribution in [2.75, 3.05) is 0 Å². The Morgan fingerprint density at radius 2 is 1.67 bits per heavy atom. The normalized spacial score (nSPS) is 13.7. The summed E-state index contributed by atoms with van der Waals surface area (Å²) in [4.78, 5) is 28.9. The van der Waals surface area contributed by atoms with E-state index in [1.165, 1.54) is 17.7 Å². The Labute approximate surface area is 228 Å². The van der Waals surface area contributed by atoms with Crippen LogP contribution in [0.4, 0.5) is 4.39 Å². The van der Waals surface area contributed by atoms with Gasteiger partial charge < -0.3 is 30.0 Å². The molecule has 1 heterocycles. The van der Waals surface area contributed by atoms with Gasteiger partial charge in [-0.1, -0.05) is 44.2 Å². The number of nitrogens with one attached hydrogen (secondary N) is 1. The molecular formula is C30H37FN3O5-. The van der Waals surface area contributed by atoms with Gasteiger partial charge in [-0.25, -0.2) is 9.37 Å². The summed E-state index contributed by atoms with van der Waals surface area (Å²) in [5, 5.41) is 34.1. The zero-order chi connectivity index (χ0) is 28.5. The second-order valence-corrected chi connectivity index (χ2v) is 10.3. The van der Waals surface area contributed by atoms with E-state index in [9.17, 15) is 29.3 Å². The minimum Gasteiger partial charge on any atom is -0.550 e. The third-order valence-corrected chi connectivity index (χ3v) is 6.59. The molecule has 3 atom stereocenters. The number of rotatable bonds is 14. The molecule has 0 spiro atoms. The molecule has 0 saturated carbocycles. The topological polar surface area (TPSA) is 128 Å². The lowest BCUT2D eigenvalue weighted by Crippen LogP contribution is -2.34. The van der Waals surface area contributed by atoms with E-state index in [0.717, 1.165) is 12.8 Å². The number of aliphatic hydroxyl groups is 2. The summed E-state index contributed by atoms with van der Waals surface area (Å²) in [7, 11) is 0. The number of aliphatic hydroxyl groups excluding tert-OH is 2. The first-order chi connectivity index (χ1) is 18.5. The van der Waals surface area contributed by atoms with E-state index in [4.69, 9.17) is 4.98 Å². The first-order valence-corrected chi connectivity index (χ1v) is 13.3. The third-order valence-electron chi connectivity index (χ3n) is 6.59. The summed E-state index contributed by atoms with van der Waals surface area (Å²) in [5.41, 5.74) is 2.74. The molecule has 2 aromatic carbocycles. The zero-order valence-electron chi connectivity index (χ0n) is 22.6. The Balaban J connectivity index is 1.85. The van der Waals surface area contributed by atoms with Gasteiger partial charge in [0.25, 0.3) is 5.91 Å². The second kappa shape index (κ2) is 14.0. The average molecular weight is 539 g/mol. The molecule has 3 N–H and O–H groups in total. The van der Waals surface area contributed by atoms with E-state index in [2.05, 4.69) is 5.32 Å². The number of carboxylic acids is 1. The molecule has 3 rings (SSSR count). The fourth-order valence-electron chi connectivity index (χ4n) is 4.64. The molecule has 0 saturated heterocycles. The second-order valence-electron chi connectivity index (χ2n) is 10.3. The molecule has 0 fully saturated rings. The Kier molecular flexibility index (Phi) is 10.8. The van der Waals surface area contributed by atoms with Crippen LogP contribution < -0.4 is 10.4 Å². The highest BCUT2D eigenvalue weighted by atomic mass is 19.1. The number of aliphatic carboxylic acids is 1. The van der Waals surface area contributed by atoms with Crippen molar-refractivity contribution in [3.8, 4) is 11.4 Å². The molecule has 8 nitrogen and oxygen atoms in total. The van der Waals surface area contributed by atoms with Crippen LogP contribution in [0.3, 0.4) is 0 Å². The Hall–Kier alpha value is -3.56. The Morgan fingerprint density at radius 3 is 2.28 bits per heavy atom. The zero-order valence-corrected chi connectivity index (χ0v) is 22.6. The minimum absolute atomic E-state index is 0.104. The standard InChI is InChI=1S/C30H38FN3O5/c1-19(2)28-27(30(39)32-20(3)9-10-21-7-5-4-6-8-21)33-29(22-11-13-23(31)14-12-22)34(28)16-15-24(35)17-25(36)18-26(37)38/h4-8,11-14,19-20,24-25,35-36H,9-10,15-18H2,1-3H3,(H,32,39)(H,37,38)/p-1/t20?,24-,25-/m1/s1. The summed E-state index contributed by atoms with van der Waals surface area (Å²) >= 11 is 0. The van der Waals surface area contributed by atoms with E-state index in [-0.39, 0.29) is 42.9 Å². The molecule has 0 bridgehead atoms. The number of carbonyl (C=O) groups excluding carboxylic acids is 2. The number of carboxylic acid groups (broad SMARTS) is 1. The van der Waals surface area contributed by atoms with Gasteiger partial charge >= 0.3 is 0 Å². The number of hydrogen-bond donors (Lipinski definition) is 3. The molecule has 0 aliphatic carbocycles. The highest BCUT2D eigenvalue weighted by Crippen LogP contribution is 2.29. The maximum atomic E-state index is 13.7. The van der Waals surface area contributed by atoms with Crippen molar-refractivity contribution in [3.05, 3.63) is 77.4 Å². The van der Waals surface area contributed by atoms with Crippen LogP contribution in [0.2, 0.25) is 0 Å². The van der Waals surface area contributed by atoms with Gasteiger partial charge in [0.15, 0.2) is 0 Å². The van der Waals surface area contributed by atoms with E-state index < -0.39 is 30.4 Å². The fraction of sp³-hybridized carbons (Fsp3) is 0.433. The molecular weight excluding hydrogens is 501 g/mol. The number of hydrogen-bond acceptors (Lipinski definition) is 6. The van der Waals surface area contributed by atoms with Crippen LogP contribution in [0.1, 0.15) is 74.1 Å². The van der Waals surface area contributed by atoms with Crippen LogP contribution in [-0.4, -0.2) is 49.9 Å². The van der Waals surface area contributed by atoms with Crippen molar-refractivity contribution in [1.29, 1.82) is 0 Å². The summed E-state index contributed by atoms with van der Waals surface area (Å²) in [5.74, 6) is -1.75. The van der Waals surface area contributed by atoms with Crippen LogP contribution in [0, 0.1) is 5.82 Å². The number of imidazole rings is 1. The molecule has 9 heteroatoms. The van der Waals surface area contributed by atoms with Crippen molar-refractivity contribution < 1.29 is 29.3 Å². The Bertz CT molecular complexity index is 1230. The van der Waals surface area contributed by atoms with E-state index >= 15 is 0 Å². The number of aromatic nitrogens is 2. The maximum Gasteiger partial charge on any atom is 0.272 e. The predicted molar refractivity (Wildman–Crippen MR) is 144 cm³/mol. The number of nitrogens with zero attached hydrogens (tertiary/aromatic N) is 2. The van der Waals surface area contributed by atoms with Crippen molar-refractivity contribution in [3.63, 3.8) is 0 Å². The van der Waals surface area contributed by atoms with Gasteiger partial charge in [-0.3, -0.25) is 4.79 Å². The number of aryl methyl sites for hydroxylation is 1. The highest BCUT2D eigenvalue weighted by Gasteiger charge is 2.26. The maximum absolute atomic E-state index is 13.7. The number of amides is 1. The average Bonchev–Trinajstić information content (AvgIpc) is 3.27. The van der Waals surface area contributed by atoms with Crippen LogP contribution in [0.5, 0.6) is 0 Å². The lowest BCUT2D eigenvalue weighted by Gasteiger charge is -2.19. The van der Waals surface area contributed by atoms with E-state index in [1.807, 2.05) is 55.7 Å². The van der Waals surface area contributed by atoms with Crippen molar-refractivity contribution >= 4 is 11.9 Å². The van der Waals surface area contributed by atoms with Crippen LogP contribution >= 0.6 is 0 Å². The highest BCUT2D eigenvalue weighted by molar-refractivity contribution is 5.94. The Morgan fingerprint density at radius 1 is 1.00 bits per heavy atom. The van der Waals surface area contributed by atoms with Gasteiger partial charge in [0.05, 0.1) is 17.9 Å². The molecule has 1 aromatic heterocycles. The predicted octanol–water partition coefficient (Wildman–Crippen LogP) is 3.21. The van der Waals surface area contributed by atoms with Crippen molar-refractivity contribution in [2.45, 2.75) is 83.6 Å². The molecule has 1 unspecified atom stereocenters. The summed E-state index contributed by atoms with van der Waals surface area (Å²) in [6.07, 6.45) is -1.16. The minimum atomic E-state index is -1.39. The lowest BCUT2D eigenvalue weighted by molar-refractivity contribution is -0.307. The summed E-state index contributed by atoms with van der Waals surface area (Å²) in [6.45, 7) is 6.08. The smallest absolute Gasteiger partial charge is 0.272 e. The molecule has 0 aliphatic rings. The van der Waals surface area contributed by atoms with Gasteiger partial charge in [0.1, 0.15) is 17.3 Å². The molecule has 0 radical (unpaired) electrons. The van der Waals surface area contributed by atoms with Crippen molar-refractivity contribution in [2.24, 2.45) is 0 Å². The van der Waals surface area contributed by atoms with Crippen LogP contribution in [0.25, 0.3) is 11.4 Å². The monoisotopic (exact) mass is 538 g/mol. The first kappa shape index (κ1) is 30.0. The fourth-order valence-corrected chi connectivity index (χ4v) is 4.64. The molecule has 210 valence electrons. The largest absolute Gasteiger partial charge is 0.550 e. The van der Waals surface area contributed by atoms with Crippen LogP contribution in [-0.2, 0) is 17.8 Å². The van der Waals surface area contributed by atoms with Gasteiger partial charge in [-0.05, 0) is 68.4 Å². The number of carbonyl (C=O) groups is 2.